The molecule has 0 radical (unpaired) electrons. The molecule has 0 saturated carbocycles. The maximum Gasteiger partial charge on any atom is 0.170 e. The average molecular weight is 216 g/mol. The smallest absolute Gasteiger partial charge is 0.170 e. The van der Waals surface area contributed by atoms with Crippen LogP contribution < -0.4 is 5.32 Å². The van der Waals surface area contributed by atoms with Crippen molar-refractivity contribution < 1.29 is 4.52 Å². The van der Waals surface area contributed by atoms with E-state index in [2.05, 4.69) is 28.7 Å². The molecule has 2 aromatic rings. The van der Waals surface area contributed by atoms with Gasteiger partial charge < -0.3 is 9.84 Å². The van der Waals surface area contributed by atoms with Crippen molar-refractivity contribution in [2.45, 2.75) is 25.7 Å². The van der Waals surface area contributed by atoms with Gasteiger partial charge in [-0.1, -0.05) is 17.3 Å². The minimum absolute atomic E-state index is 0.622. The second-order valence-corrected chi connectivity index (χ2v) is 4.52. The van der Waals surface area contributed by atoms with Crippen molar-refractivity contribution >= 4 is 11.0 Å². The van der Waals surface area contributed by atoms with Gasteiger partial charge in [-0.3, -0.25) is 0 Å². The topological polar surface area (TPSA) is 38.1 Å². The van der Waals surface area contributed by atoms with Crippen molar-refractivity contribution in [1.29, 1.82) is 0 Å². The molecule has 3 heteroatoms. The van der Waals surface area contributed by atoms with Gasteiger partial charge in [0.15, 0.2) is 5.58 Å². The zero-order valence-corrected chi connectivity index (χ0v) is 9.49. The van der Waals surface area contributed by atoms with Gasteiger partial charge in [0.05, 0.1) is 5.69 Å². The second-order valence-electron chi connectivity index (χ2n) is 4.52. The summed E-state index contributed by atoms with van der Waals surface area (Å²) in [6.07, 6.45) is 2.39. The first-order chi connectivity index (χ1) is 7.86. The minimum Gasteiger partial charge on any atom is -0.356 e. The van der Waals surface area contributed by atoms with Gasteiger partial charge in [0.25, 0.3) is 0 Å². The third-order valence-corrected chi connectivity index (χ3v) is 3.49. The highest BCUT2D eigenvalue weighted by Crippen LogP contribution is 2.32. The maximum absolute atomic E-state index is 5.46. The van der Waals surface area contributed by atoms with E-state index in [-0.39, 0.29) is 0 Å². The first-order valence-corrected chi connectivity index (χ1v) is 5.92. The van der Waals surface area contributed by atoms with E-state index in [0.717, 1.165) is 29.8 Å². The van der Waals surface area contributed by atoms with E-state index in [1.54, 1.807) is 0 Å². The van der Waals surface area contributed by atoms with Gasteiger partial charge in [0.2, 0.25) is 0 Å². The van der Waals surface area contributed by atoms with Crippen LogP contribution in [0, 0.1) is 6.92 Å². The Morgan fingerprint density at radius 1 is 1.31 bits per heavy atom. The number of piperidine rings is 1. The standard InChI is InChI=1S/C13H16N2O/c1-9-11-3-2-4-12(13(11)16-15-9)10-5-7-14-8-6-10/h2-4,10,14H,5-8H2,1H3. The Balaban J connectivity index is 2.08. The number of hydrogen-bond donors (Lipinski definition) is 1. The molecule has 1 fully saturated rings. The molecule has 2 heterocycles. The predicted molar refractivity (Wildman–Crippen MR) is 63.6 cm³/mol. The molecule has 1 aliphatic rings. The lowest BCUT2D eigenvalue weighted by Crippen LogP contribution is -2.26. The van der Waals surface area contributed by atoms with Gasteiger partial charge in [-0.2, -0.15) is 0 Å². The molecule has 16 heavy (non-hydrogen) atoms. The molecule has 84 valence electrons. The number of aryl methyl sites for hydroxylation is 1. The maximum atomic E-state index is 5.46. The average Bonchev–Trinajstić information content (AvgIpc) is 2.73. The van der Waals surface area contributed by atoms with E-state index in [1.165, 1.54) is 18.4 Å². The van der Waals surface area contributed by atoms with E-state index < -0.39 is 0 Å². The van der Waals surface area contributed by atoms with Gasteiger partial charge in [-0.05, 0) is 44.8 Å². The van der Waals surface area contributed by atoms with Crippen LogP contribution in [0.2, 0.25) is 0 Å². The highest BCUT2D eigenvalue weighted by molar-refractivity contribution is 5.82. The first kappa shape index (κ1) is 9.85. The number of rotatable bonds is 1. The van der Waals surface area contributed by atoms with Crippen LogP contribution in [-0.2, 0) is 0 Å². The normalized spacial score (nSPS) is 18.1. The molecule has 0 unspecified atom stereocenters. The van der Waals surface area contributed by atoms with Crippen molar-refractivity contribution in [3.63, 3.8) is 0 Å². The Labute approximate surface area is 94.8 Å². The van der Waals surface area contributed by atoms with Gasteiger partial charge in [0, 0.05) is 10.9 Å². The van der Waals surface area contributed by atoms with Crippen LogP contribution in [0.1, 0.15) is 30.0 Å². The summed E-state index contributed by atoms with van der Waals surface area (Å²) in [5.41, 5.74) is 3.32. The van der Waals surface area contributed by atoms with Crippen molar-refractivity contribution in [2.75, 3.05) is 13.1 Å². The van der Waals surface area contributed by atoms with E-state index in [1.807, 2.05) is 6.92 Å². The fourth-order valence-electron chi connectivity index (χ4n) is 2.56. The highest BCUT2D eigenvalue weighted by atomic mass is 16.5. The molecular formula is C13H16N2O. The summed E-state index contributed by atoms with van der Waals surface area (Å²) in [5, 5.41) is 8.62. The van der Waals surface area contributed by atoms with E-state index in [4.69, 9.17) is 4.52 Å². The van der Waals surface area contributed by atoms with Crippen molar-refractivity contribution in [3.8, 4) is 0 Å². The Bertz CT molecular complexity index is 498. The summed E-state index contributed by atoms with van der Waals surface area (Å²) in [5.74, 6) is 0.622. The lowest BCUT2D eigenvalue weighted by Gasteiger charge is -2.22. The van der Waals surface area contributed by atoms with Crippen LogP contribution in [0.3, 0.4) is 0 Å². The van der Waals surface area contributed by atoms with E-state index in [9.17, 15) is 0 Å². The third-order valence-electron chi connectivity index (χ3n) is 3.49. The second kappa shape index (κ2) is 3.91. The van der Waals surface area contributed by atoms with Gasteiger partial charge in [0.1, 0.15) is 0 Å². The van der Waals surface area contributed by atoms with Crippen molar-refractivity contribution in [2.24, 2.45) is 0 Å². The number of hydrogen-bond acceptors (Lipinski definition) is 3. The zero-order chi connectivity index (χ0) is 11.0. The Morgan fingerprint density at radius 2 is 2.12 bits per heavy atom. The molecule has 0 amide bonds. The Hall–Kier alpha value is -1.35. The summed E-state index contributed by atoms with van der Waals surface area (Å²) in [6, 6.07) is 6.39. The molecule has 0 bridgehead atoms. The summed E-state index contributed by atoms with van der Waals surface area (Å²) >= 11 is 0. The van der Waals surface area contributed by atoms with Crippen LogP contribution in [-0.4, -0.2) is 18.2 Å². The third kappa shape index (κ3) is 1.52. The zero-order valence-electron chi connectivity index (χ0n) is 9.49. The lowest BCUT2D eigenvalue weighted by atomic mass is 9.89. The van der Waals surface area contributed by atoms with E-state index >= 15 is 0 Å². The van der Waals surface area contributed by atoms with Crippen molar-refractivity contribution in [1.82, 2.24) is 10.5 Å². The molecule has 3 rings (SSSR count). The van der Waals surface area contributed by atoms with Gasteiger partial charge >= 0.3 is 0 Å². The van der Waals surface area contributed by atoms with Crippen LogP contribution >= 0.6 is 0 Å². The first-order valence-electron chi connectivity index (χ1n) is 5.92. The number of nitrogens with one attached hydrogen (secondary N) is 1. The number of benzene rings is 1. The fourth-order valence-corrected chi connectivity index (χ4v) is 2.56. The molecule has 0 aliphatic carbocycles. The molecule has 1 saturated heterocycles. The SMILES string of the molecule is Cc1noc2c(C3CCNCC3)cccc12. The van der Waals surface area contributed by atoms with Crippen LogP contribution in [0.25, 0.3) is 11.0 Å². The Kier molecular flexibility index (Phi) is 2.40. The molecule has 1 aromatic heterocycles. The monoisotopic (exact) mass is 216 g/mol. The number of nitrogens with zero attached hydrogens (tertiary/aromatic N) is 1. The summed E-state index contributed by atoms with van der Waals surface area (Å²) in [7, 11) is 0. The number of aromatic nitrogens is 1. The molecular weight excluding hydrogens is 200 g/mol. The minimum atomic E-state index is 0.622. The number of fused-ring (bicyclic) bond motifs is 1. The fraction of sp³-hybridized carbons (Fsp3) is 0.462. The molecule has 1 N–H and O–H groups in total. The van der Waals surface area contributed by atoms with Gasteiger partial charge in [-0.25, -0.2) is 0 Å². The molecule has 0 atom stereocenters. The molecule has 0 spiro atoms. The van der Waals surface area contributed by atoms with Crippen LogP contribution in [0.4, 0.5) is 0 Å². The van der Waals surface area contributed by atoms with Crippen molar-refractivity contribution in [3.05, 3.63) is 29.5 Å². The molecule has 3 nitrogen and oxygen atoms in total. The quantitative estimate of drug-likeness (QED) is 0.796. The van der Waals surface area contributed by atoms with Crippen LogP contribution in [0.15, 0.2) is 22.7 Å². The number of para-hydroxylation sites is 1. The highest BCUT2D eigenvalue weighted by Gasteiger charge is 2.19. The Morgan fingerprint density at radius 3 is 2.94 bits per heavy atom. The summed E-state index contributed by atoms with van der Waals surface area (Å²) in [4.78, 5) is 0. The summed E-state index contributed by atoms with van der Waals surface area (Å²) in [6.45, 7) is 4.21. The lowest BCUT2D eigenvalue weighted by molar-refractivity contribution is 0.430. The summed E-state index contributed by atoms with van der Waals surface area (Å²) < 4.78 is 5.46. The largest absolute Gasteiger partial charge is 0.356 e. The van der Waals surface area contributed by atoms with E-state index in [0.29, 0.717) is 5.92 Å². The van der Waals surface area contributed by atoms with Gasteiger partial charge in [-0.15, -0.1) is 0 Å². The molecule has 1 aliphatic heterocycles. The molecule has 1 aromatic carbocycles. The predicted octanol–water partition coefficient (Wildman–Crippen LogP) is 2.60. The van der Waals surface area contributed by atoms with Crippen LogP contribution in [0.5, 0.6) is 0 Å².